The van der Waals surface area contributed by atoms with Crippen LogP contribution >= 0.6 is 22.7 Å². The molecule has 2 aromatic heterocycles. The number of hydrogen-bond donors (Lipinski definition) is 0. The number of thiophene rings is 2. The minimum Gasteiger partial charge on any atom is -0.135 e. The molecule has 2 aliphatic rings. The first-order chi connectivity index (χ1) is 25.3. The maximum atomic E-state index is 2.51. The van der Waals surface area contributed by atoms with Gasteiger partial charge in [0.25, 0.3) is 0 Å². The Hall–Kier alpha value is -5.80. The summed E-state index contributed by atoms with van der Waals surface area (Å²) in [5.41, 5.74) is 15.4. The molecule has 8 aromatic carbocycles. The lowest BCUT2D eigenvalue weighted by molar-refractivity contribution is 0.794. The summed E-state index contributed by atoms with van der Waals surface area (Å²) < 4.78 is 5.36. The Labute approximate surface area is 303 Å². The van der Waals surface area contributed by atoms with Crippen LogP contribution in [0.2, 0.25) is 0 Å². The van der Waals surface area contributed by atoms with Crippen LogP contribution in [-0.4, -0.2) is 0 Å². The van der Waals surface area contributed by atoms with E-state index in [9.17, 15) is 0 Å². The second-order valence-corrected chi connectivity index (χ2v) is 16.1. The van der Waals surface area contributed by atoms with E-state index in [0.717, 1.165) is 0 Å². The first kappa shape index (κ1) is 28.0. The van der Waals surface area contributed by atoms with E-state index in [1.165, 1.54) is 107 Å². The van der Waals surface area contributed by atoms with Gasteiger partial charge in [0.05, 0.1) is 5.41 Å². The van der Waals surface area contributed by atoms with E-state index in [2.05, 4.69) is 170 Å². The van der Waals surface area contributed by atoms with Gasteiger partial charge in [-0.15, -0.1) is 22.7 Å². The molecule has 1 spiro atoms. The van der Waals surface area contributed by atoms with E-state index < -0.39 is 5.41 Å². The zero-order valence-corrected chi connectivity index (χ0v) is 29.1. The third-order valence-electron chi connectivity index (χ3n) is 11.5. The van der Waals surface area contributed by atoms with Crippen molar-refractivity contribution in [1.82, 2.24) is 0 Å². The predicted molar refractivity (Wildman–Crippen MR) is 219 cm³/mol. The lowest BCUT2D eigenvalue weighted by Gasteiger charge is -2.31. The fraction of sp³-hybridized carbons (Fsp3) is 0.0204. The van der Waals surface area contributed by atoms with E-state index in [1.54, 1.807) is 0 Å². The van der Waals surface area contributed by atoms with Crippen molar-refractivity contribution in [1.29, 1.82) is 0 Å². The molecule has 2 aliphatic carbocycles. The third-order valence-corrected chi connectivity index (χ3v) is 13.8. The highest BCUT2D eigenvalue weighted by Crippen LogP contribution is 2.63. The Kier molecular flexibility index (Phi) is 5.56. The second-order valence-electron chi connectivity index (χ2n) is 14.0. The molecule has 2 heteroatoms. The second kappa shape index (κ2) is 10.1. The maximum Gasteiger partial charge on any atom is 0.0725 e. The highest BCUT2D eigenvalue weighted by atomic mass is 32.1. The lowest BCUT2D eigenvalue weighted by Crippen LogP contribution is -2.26. The fourth-order valence-corrected chi connectivity index (χ4v) is 11.5. The van der Waals surface area contributed by atoms with Crippen LogP contribution in [0.15, 0.2) is 170 Å². The van der Waals surface area contributed by atoms with Gasteiger partial charge in [-0.1, -0.05) is 121 Å². The molecule has 236 valence electrons. The van der Waals surface area contributed by atoms with Crippen molar-refractivity contribution < 1.29 is 0 Å². The molecule has 2 heterocycles. The van der Waals surface area contributed by atoms with Crippen molar-refractivity contribution in [3.8, 4) is 44.5 Å². The van der Waals surface area contributed by atoms with Crippen molar-refractivity contribution >= 4 is 63.0 Å². The van der Waals surface area contributed by atoms with Gasteiger partial charge in [0.15, 0.2) is 0 Å². The molecule has 0 aliphatic heterocycles. The van der Waals surface area contributed by atoms with Crippen molar-refractivity contribution in [2.75, 3.05) is 0 Å². The molecule has 0 saturated heterocycles. The average molecular weight is 681 g/mol. The normalized spacial score (nSPS) is 13.6. The Morgan fingerprint density at radius 3 is 1.16 bits per heavy atom. The van der Waals surface area contributed by atoms with Crippen LogP contribution in [0.3, 0.4) is 0 Å². The Morgan fingerprint density at radius 2 is 0.647 bits per heavy atom. The van der Waals surface area contributed by atoms with Crippen molar-refractivity contribution in [3.63, 3.8) is 0 Å². The highest BCUT2D eigenvalue weighted by molar-refractivity contribution is 7.26. The molecule has 10 aromatic rings. The van der Waals surface area contributed by atoms with E-state index >= 15 is 0 Å². The summed E-state index contributed by atoms with van der Waals surface area (Å²) in [4.78, 5) is 0. The average Bonchev–Trinajstić information content (AvgIpc) is 3.92. The van der Waals surface area contributed by atoms with Gasteiger partial charge in [0, 0.05) is 40.3 Å². The maximum absolute atomic E-state index is 2.51. The molecular weight excluding hydrogens is 653 g/mol. The van der Waals surface area contributed by atoms with Gasteiger partial charge in [0.2, 0.25) is 0 Å². The minimum absolute atomic E-state index is 0.414. The monoisotopic (exact) mass is 680 g/mol. The van der Waals surface area contributed by atoms with Crippen molar-refractivity contribution in [2.24, 2.45) is 0 Å². The van der Waals surface area contributed by atoms with Gasteiger partial charge in [-0.2, -0.15) is 0 Å². The third kappa shape index (κ3) is 3.68. The number of rotatable bonds is 2. The molecule has 0 fully saturated rings. The molecule has 0 N–H and O–H groups in total. The van der Waals surface area contributed by atoms with Crippen LogP contribution in [0.25, 0.3) is 84.9 Å². The summed E-state index contributed by atoms with van der Waals surface area (Å²) in [6.07, 6.45) is 0. The molecule has 0 saturated carbocycles. The molecule has 0 nitrogen and oxygen atoms in total. The summed E-state index contributed by atoms with van der Waals surface area (Å²) in [5.74, 6) is 0. The molecular formula is C49H28S2. The zero-order chi connectivity index (χ0) is 33.3. The molecule has 0 unspecified atom stereocenters. The SMILES string of the molecule is c1ccc2c(c1)-c1ccccc1C21c2cc(-c3ccc4sc5ccccc5c4c3)ccc2-c2ccc(-c3ccc4sc5ccccc5c4c3)cc21. The number of benzene rings is 8. The number of hydrogen-bond acceptors (Lipinski definition) is 2. The van der Waals surface area contributed by atoms with Gasteiger partial charge in [-0.05, 0) is 115 Å². The van der Waals surface area contributed by atoms with Gasteiger partial charge < -0.3 is 0 Å². The summed E-state index contributed by atoms with van der Waals surface area (Å²) in [7, 11) is 0. The molecule has 0 radical (unpaired) electrons. The van der Waals surface area contributed by atoms with Gasteiger partial charge in [0.1, 0.15) is 0 Å². The van der Waals surface area contributed by atoms with Gasteiger partial charge in [-0.25, -0.2) is 0 Å². The smallest absolute Gasteiger partial charge is 0.0725 e. The summed E-state index contributed by atoms with van der Waals surface area (Å²) in [6.45, 7) is 0. The Morgan fingerprint density at radius 1 is 0.275 bits per heavy atom. The number of fused-ring (bicyclic) bond motifs is 16. The predicted octanol–water partition coefficient (Wildman–Crippen LogP) is 14.1. The van der Waals surface area contributed by atoms with Gasteiger partial charge >= 0.3 is 0 Å². The van der Waals surface area contributed by atoms with E-state index in [-0.39, 0.29) is 0 Å². The Balaban J connectivity index is 1.11. The quantitative estimate of drug-likeness (QED) is 0.170. The summed E-state index contributed by atoms with van der Waals surface area (Å²) in [5, 5.41) is 5.35. The van der Waals surface area contributed by atoms with Crippen LogP contribution in [0.5, 0.6) is 0 Å². The van der Waals surface area contributed by atoms with Crippen LogP contribution < -0.4 is 0 Å². The van der Waals surface area contributed by atoms with Crippen LogP contribution in [-0.2, 0) is 5.41 Å². The van der Waals surface area contributed by atoms with Crippen molar-refractivity contribution in [2.45, 2.75) is 5.41 Å². The first-order valence-electron chi connectivity index (χ1n) is 17.6. The van der Waals surface area contributed by atoms with E-state index in [4.69, 9.17) is 0 Å². The summed E-state index contributed by atoms with van der Waals surface area (Å²) in [6, 6.07) is 64.3. The van der Waals surface area contributed by atoms with Crippen LogP contribution in [0.4, 0.5) is 0 Å². The fourth-order valence-electron chi connectivity index (χ4n) is 9.31. The highest BCUT2D eigenvalue weighted by Gasteiger charge is 2.51. The zero-order valence-electron chi connectivity index (χ0n) is 27.5. The molecule has 0 bridgehead atoms. The topological polar surface area (TPSA) is 0 Å². The van der Waals surface area contributed by atoms with E-state index in [0.29, 0.717) is 0 Å². The molecule has 51 heavy (non-hydrogen) atoms. The van der Waals surface area contributed by atoms with E-state index in [1.807, 2.05) is 22.7 Å². The largest absolute Gasteiger partial charge is 0.135 e. The molecule has 0 atom stereocenters. The van der Waals surface area contributed by atoms with Crippen LogP contribution in [0.1, 0.15) is 22.3 Å². The van der Waals surface area contributed by atoms with Crippen LogP contribution in [0, 0.1) is 0 Å². The molecule has 0 amide bonds. The van der Waals surface area contributed by atoms with Crippen molar-refractivity contribution in [3.05, 3.63) is 192 Å². The summed E-state index contributed by atoms with van der Waals surface area (Å²) >= 11 is 3.76. The minimum atomic E-state index is -0.414. The standard InChI is InChI=1S/C49H28S2/c1-5-13-41-33(9-1)34-10-2-6-14-42(34)49(41)43-27-31(29-19-23-47-39(25-29)37-11-3-7-15-45(37)50-47)17-21-35(43)36-22-18-32(28-44(36)49)30-20-24-48-40(26-30)38-12-4-8-16-46(38)51-48/h1-28H. The first-order valence-corrected chi connectivity index (χ1v) is 19.2. The van der Waals surface area contributed by atoms with Gasteiger partial charge in [-0.3, -0.25) is 0 Å². The lowest BCUT2D eigenvalue weighted by atomic mass is 9.70. The molecule has 12 rings (SSSR count). The Bertz CT molecular complexity index is 2890.